The minimum atomic E-state index is -0.346. The molecular weight excluding hydrogens is 332 g/mol. The first kappa shape index (κ1) is 15.7. The van der Waals surface area contributed by atoms with E-state index in [1.165, 1.54) is 11.8 Å². The molecule has 0 aliphatic rings. The van der Waals surface area contributed by atoms with Crippen molar-refractivity contribution >= 4 is 22.7 Å². The van der Waals surface area contributed by atoms with E-state index in [9.17, 15) is 4.79 Å². The molecule has 0 saturated carbocycles. The normalized spacial score (nSPS) is 11.1. The van der Waals surface area contributed by atoms with Crippen LogP contribution in [0.2, 0.25) is 0 Å². The first-order chi connectivity index (χ1) is 12.1. The van der Waals surface area contributed by atoms with E-state index in [1.54, 1.807) is 6.07 Å². The molecule has 2 aromatic heterocycles. The van der Waals surface area contributed by atoms with Crippen LogP contribution in [0.25, 0.3) is 16.7 Å². The highest BCUT2D eigenvalue weighted by molar-refractivity contribution is 7.99. The van der Waals surface area contributed by atoms with Crippen LogP contribution in [0.15, 0.2) is 79.9 Å². The fourth-order valence-corrected chi connectivity index (χ4v) is 3.77. The van der Waals surface area contributed by atoms with Crippen molar-refractivity contribution in [3.63, 3.8) is 0 Å². The van der Waals surface area contributed by atoms with Gasteiger partial charge in [-0.25, -0.2) is 9.78 Å². The second-order valence-electron chi connectivity index (χ2n) is 5.77. The maximum atomic E-state index is 12.4. The molecule has 0 aliphatic carbocycles. The van der Waals surface area contributed by atoms with Crippen molar-refractivity contribution in [2.24, 2.45) is 0 Å². The van der Waals surface area contributed by atoms with Gasteiger partial charge in [-0.3, -0.25) is 4.57 Å². The molecule has 4 aromatic rings. The van der Waals surface area contributed by atoms with Crippen molar-refractivity contribution in [3.8, 4) is 5.69 Å². The summed E-state index contributed by atoms with van der Waals surface area (Å²) in [4.78, 5) is 17.5. The average Bonchev–Trinajstić information content (AvgIpc) is 2.90. The highest BCUT2D eigenvalue weighted by Crippen LogP contribution is 2.30. The van der Waals surface area contributed by atoms with Gasteiger partial charge < -0.3 is 4.42 Å². The van der Waals surface area contributed by atoms with Crippen molar-refractivity contribution in [1.82, 2.24) is 9.55 Å². The predicted octanol–water partition coefficient (Wildman–Crippen LogP) is 4.75. The van der Waals surface area contributed by atoms with Crippen LogP contribution in [0.4, 0.5) is 0 Å². The molecule has 0 radical (unpaired) electrons. The standard InChI is InChI=1S/C20H16N2O2S/c1-13-14(2)22(16-9-4-3-5-10-16)20(21-13)25-18-12-15-8-6-7-11-17(15)24-19(18)23/h3-12H,1-2H3. The highest BCUT2D eigenvalue weighted by Gasteiger charge is 2.16. The van der Waals surface area contributed by atoms with E-state index in [4.69, 9.17) is 4.42 Å². The van der Waals surface area contributed by atoms with Gasteiger partial charge in [-0.2, -0.15) is 0 Å². The van der Waals surface area contributed by atoms with Gasteiger partial charge >= 0.3 is 5.63 Å². The topological polar surface area (TPSA) is 48.0 Å². The average molecular weight is 348 g/mol. The smallest absolute Gasteiger partial charge is 0.350 e. The number of rotatable bonds is 3. The number of para-hydroxylation sites is 2. The number of benzene rings is 2. The molecule has 4 rings (SSSR count). The Balaban J connectivity index is 1.83. The number of hydrogen-bond donors (Lipinski definition) is 0. The molecule has 25 heavy (non-hydrogen) atoms. The molecule has 0 spiro atoms. The van der Waals surface area contributed by atoms with Crippen molar-refractivity contribution in [2.45, 2.75) is 23.9 Å². The Labute approximate surface area is 149 Å². The molecule has 4 nitrogen and oxygen atoms in total. The van der Waals surface area contributed by atoms with Crippen molar-refractivity contribution in [1.29, 1.82) is 0 Å². The Kier molecular flexibility index (Phi) is 3.93. The maximum absolute atomic E-state index is 12.4. The van der Waals surface area contributed by atoms with Gasteiger partial charge in [-0.1, -0.05) is 36.4 Å². The lowest BCUT2D eigenvalue weighted by Gasteiger charge is -2.09. The van der Waals surface area contributed by atoms with Gasteiger partial charge in [-0.15, -0.1) is 0 Å². The Morgan fingerprint density at radius 3 is 2.52 bits per heavy atom. The molecule has 0 atom stereocenters. The van der Waals surface area contributed by atoms with Crippen LogP contribution in [0.1, 0.15) is 11.4 Å². The number of aryl methyl sites for hydroxylation is 1. The minimum Gasteiger partial charge on any atom is -0.422 e. The third kappa shape index (κ3) is 2.87. The molecule has 2 aromatic carbocycles. The molecule has 2 heterocycles. The van der Waals surface area contributed by atoms with E-state index in [1.807, 2.05) is 68.4 Å². The molecule has 124 valence electrons. The summed E-state index contributed by atoms with van der Waals surface area (Å²) < 4.78 is 7.50. The summed E-state index contributed by atoms with van der Waals surface area (Å²) >= 11 is 1.33. The summed E-state index contributed by atoms with van der Waals surface area (Å²) in [5, 5.41) is 1.65. The molecule has 0 bridgehead atoms. The third-order valence-corrected chi connectivity index (χ3v) is 5.10. The molecule has 0 saturated heterocycles. The number of imidazole rings is 1. The lowest BCUT2D eigenvalue weighted by molar-refractivity contribution is 0.543. The van der Waals surface area contributed by atoms with E-state index in [0.29, 0.717) is 10.5 Å². The monoisotopic (exact) mass is 348 g/mol. The molecular formula is C20H16N2O2S. The Hall–Kier alpha value is -2.79. The predicted molar refractivity (Wildman–Crippen MR) is 99.6 cm³/mol. The van der Waals surface area contributed by atoms with Crippen molar-refractivity contribution in [2.75, 3.05) is 0 Å². The highest BCUT2D eigenvalue weighted by atomic mass is 32.2. The first-order valence-corrected chi connectivity index (χ1v) is 8.77. The lowest BCUT2D eigenvalue weighted by Crippen LogP contribution is -2.04. The molecule has 0 aliphatic heterocycles. The van der Waals surface area contributed by atoms with E-state index in [0.717, 1.165) is 27.6 Å². The summed E-state index contributed by atoms with van der Waals surface area (Å²) in [6, 6.07) is 19.4. The van der Waals surface area contributed by atoms with Gasteiger partial charge in [0, 0.05) is 16.8 Å². The van der Waals surface area contributed by atoms with E-state index >= 15 is 0 Å². The fraction of sp³-hybridized carbons (Fsp3) is 0.100. The second kappa shape index (κ2) is 6.26. The van der Waals surface area contributed by atoms with E-state index in [-0.39, 0.29) is 5.63 Å². The largest absolute Gasteiger partial charge is 0.422 e. The number of aromatic nitrogens is 2. The number of hydrogen-bond acceptors (Lipinski definition) is 4. The molecule has 5 heteroatoms. The first-order valence-electron chi connectivity index (χ1n) is 7.95. The van der Waals surface area contributed by atoms with Gasteiger partial charge in [0.25, 0.3) is 0 Å². The van der Waals surface area contributed by atoms with Gasteiger partial charge in [0.05, 0.1) is 5.69 Å². The summed E-state index contributed by atoms with van der Waals surface area (Å²) in [6.07, 6.45) is 0. The van der Waals surface area contributed by atoms with Crippen LogP contribution in [0, 0.1) is 13.8 Å². The van der Waals surface area contributed by atoms with Crippen LogP contribution in [0.3, 0.4) is 0 Å². The SMILES string of the molecule is Cc1nc(Sc2cc3ccccc3oc2=O)n(-c2ccccc2)c1C. The Bertz CT molecular complexity index is 1110. The zero-order valence-corrected chi connectivity index (χ0v) is 14.7. The molecule has 0 amide bonds. The zero-order valence-electron chi connectivity index (χ0n) is 13.9. The quantitative estimate of drug-likeness (QED) is 0.502. The number of nitrogens with zero attached hydrogens (tertiary/aromatic N) is 2. The van der Waals surface area contributed by atoms with Crippen LogP contribution in [-0.4, -0.2) is 9.55 Å². The lowest BCUT2D eigenvalue weighted by atomic mass is 10.2. The Morgan fingerprint density at radius 2 is 1.72 bits per heavy atom. The van der Waals surface area contributed by atoms with Crippen molar-refractivity contribution in [3.05, 3.63) is 82.5 Å². The van der Waals surface area contributed by atoms with Crippen LogP contribution < -0.4 is 5.63 Å². The minimum absolute atomic E-state index is 0.346. The summed E-state index contributed by atoms with van der Waals surface area (Å²) in [6.45, 7) is 4.00. The van der Waals surface area contributed by atoms with Crippen LogP contribution >= 0.6 is 11.8 Å². The summed E-state index contributed by atoms with van der Waals surface area (Å²) in [5.74, 6) is 0. The second-order valence-corrected chi connectivity index (χ2v) is 6.78. The summed E-state index contributed by atoms with van der Waals surface area (Å²) in [5.41, 5.74) is 3.26. The van der Waals surface area contributed by atoms with Gasteiger partial charge in [0.15, 0.2) is 5.16 Å². The van der Waals surface area contributed by atoms with E-state index < -0.39 is 0 Å². The maximum Gasteiger partial charge on any atom is 0.350 e. The third-order valence-electron chi connectivity index (χ3n) is 4.14. The molecule has 0 fully saturated rings. The molecule has 0 unspecified atom stereocenters. The zero-order chi connectivity index (χ0) is 17.4. The fourth-order valence-electron chi connectivity index (χ4n) is 2.74. The van der Waals surface area contributed by atoms with Gasteiger partial charge in [0.1, 0.15) is 10.5 Å². The van der Waals surface area contributed by atoms with Crippen LogP contribution in [0.5, 0.6) is 0 Å². The van der Waals surface area contributed by atoms with Crippen molar-refractivity contribution < 1.29 is 4.42 Å². The van der Waals surface area contributed by atoms with Gasteiger partial charge in [-0.05, 0) is 49.9 Å². The van der Waals surface area contributed by atoms with E-state index in [2.05, 4.69) is 9.55 Å². The molecule has 0 N–H and O–H groups in total. The Morgan fingerprint density at radius 1 is 1.00 bits per heavy atom. The number of fused-ring (bicyclic) bond motifs is 1. The van der Waals surface area contributed by atoms with Crippen LogP contribution in [-0.2, 0) is 0 Å². The van der Waals surface area contributed by atoms with Gasteiger partial charge in [0.2, 0.25) is 0 Å². The summed E-state index contributed by atoms with van der Waals surface area (Å²) in [7, 11) is 0.